The molecule has 0 spiro atoms. The minimum Gasteiger partial charge on any atom is -0.478 e. The molecule has 0 aliphatic heterocycles. The van der Waals surface area contributed by atoms with Crippen molar-refractivity contribution in [2.75, 3.05) is 0 Å². The van der Waals surface area contributed by atoms with E-state index in [1.807, 2.05) is 0 Å². The number of rotatable bonds is 1. The van der Waals surface area contributed by atoms with Crippen LogP contribution in [0.5, 0.6) is 0 Å². The summed E-state index contributed by atoms with van der Waals surface area (Å²) in [6.07, 6.45) is 0. The van der Waals surface area contributed by atoms with Gasteiger partial charge in [-0.3, -0.25) is 0 Å². The van der Waals surface area contributed by atoms with Crippen LogP contribution in [0.15, 0.2) is 29.6 Å². The highest BCUT2D eigenvalue weighted by atomic mass is 19.1. The summed E-state index contributed by atoms with van der Waals surface area (Å²) in [6.45, 7) is 0. The van der Waals surface area contributed by atoms with Crippen molar-refractivity contribution in [1.29, 1.82) is 0 Å². The van der Waals surface area contributed by atoms with E-state index >= 15 is 0 Å². The first kappa shape index (κ1) is 11.0. The van der Waals surface area contributed by atoms with Crippen LogP contribution in [-0.4, -0.2) is 16.3 Å². The Hall–Kier alpha value is -1.98. The van der Waals surface area contributed by atoms with Gasteiger partial charge in [0.05, 0.1) is 5.56 Å². The second-order valence-electron chi connectivity index (χ2n) is 1.89. The fourth-order valence-corrected chi connectivity index (χ4v) is 0.592. The van der Waals surface area contributed by atoms with Crippen molar-refractivity contribution in [3.63, 3.8) is 0 Å². The van der Waals surface area contributed by atoms with Gasteiger partial charge in [-0.2, -0.15) is 0 Å². The van der Waals surface area contributed by atoms with Crippen LogP contribution >= 0.6 is 0 Å². The van der Waals surface area contributed by atoms with E-state index in [1.54, 1.807) is 0 Å². The predicted molar refractivity (Wildman–Crippen MR) is 40.9 cm³/mol. The Balaban J connectivity index is 0.000000424. The van der Waals surface area contributed by atoms with Gasteiger partial charge in [-0.05, 0) is 24.3 Å². The number of hydrogen-bond acceptors (Lipinski definition) is 3. The van der Waals surface area contributed by atoms with Crippen LogP contribution in [0.4, 0.5) is 4.39 Å². The van der Waals surface area contributed by atoms with Crippen molar-refractivity contribution < 1.29 is 19.5 Å². The highest BCUT2D eigenvalue weighted by molar-refractivity contribution is 5.87. The molecule has 0 saturated heterocycles. The number of carboxylic acids is 1. The van der Waals surface area contributed by atoms with Crippen molar-refractivity contribution >= 4 is 5.97 Å². The molecule has 0 bridgehead atoms. The third-order valence-corrected chi connectivity index (χ3v) is 1.09. The number of nitrogens with zero attached hydrogens (tertiary/aromatic N) is 1. The Kier molecular flexibility index (Phi) is 4.78. The summed E-state index contributed by atoms with van der Waals surface area (Å²) < 4.78 is 12.2. The third-order valence-electron chi connectivity index (χ3n) is 1.09. The van der Waals surface area contributed by atoms with Crippen LogP contribution in [0.25, 0.3) is 0 Å². The lowest BCUT2D eigenvalue weighted by Gasteiger charge is -1.90. The maximum Gasteiger partial charge on any atom is 0.335 e. The van der Waals surface area contributed by atoms with E-state index in [1.165, 1.54) is 17.5 Å². The van der Waals surface area contributed by atoms with E-state index in [9.17, 15) is 9.18 Å². The number of carbonyl (C=O) groups is 1. The maximum absolute atomic E-state index is 12.2. The van der Waals surface area contributed by atoms with Crippen molar-refractivity contribution in [1.82, 2.24) is 0 Å². The van der Waals surface area contributed by atoms with Crippen molar-refractivity contribution in [3.05, 3.63) is 40.6 Å². The molecule has 0 aliphatic rings. The molecule has 0 heterocycles. The van der Waals surface area contributed by atoms with E-state index in [2.05, 4.69) is 0 Å². The first-order valence-corrected chi connectivity index (χ1v) is 3.07. The molecule has 1 aromatic carbocycles. The van der Waals surface area contributed by atoms with Gasteiger partial charge in [0.2, 0.25) is 0 Å². The van der Waals surface area contributed by atoms with Crippen LogP contribution in [0.3, 0.4) is 0 Å². The fraction of sp³-hybridized carbons (Fsp3) is 0. The largest absolute Gasteiger partial charge is 0.478 e. The second-order valence-corrected chi connectivity index (χ2v) is 1.89. The van der Waals surface area contributed by atoms with Crippen LogP contribution in [0.2, 0.25) is 0 Å². The van der Waals surface area contributed by atoms with Crippen LogP contribution in [0, 0.1) is 10.7 Å². The Labute approximate surface area is 72.4 Å². The molecular formula is C7H6FNO4. The fourth-order valence-electron chi connectivity index (χ4n) is 0.592. The van der Waals surface area contributed by atoms with E-state index in [-0.39, 0.29) is 5.56 Å². The highest BCUT2D eigenvalue weighted by Crippen LogP contribution is 2.01. The van der Waals surface area contributed by atoms with Gasteiger partial charge in [0, 0.05) is 0 Å². The van der Waals surface area contributed by atoms with Gasteiger partial charge in [-0.25, -0.2) is 9.18 Å². The first-order chi connectivity index (χ1) is 6.11. The summed E-state index contributed by atoms with van der Waals surface area (Å²) in [7, 11) is 0. The molecule has 1 rings (SSSR count). The molecule has 0 aliphatic carbocycles. The summed E-state index contributed by atoms with van der Waals surface area (Å²) >= 11 is 0. The molecule has 0 unspecified atom stereocenters. The zero-order chi connectivity index (χ0) is 10.3. The van der Waals surface area contributed by atoms with Crippen molar-refractivity contribution in [2.24, 2.45) is 5.34 Å². The van der Waals surface area contributed by atoms with Crippen molar-refractivity contribution in [3.8, 4) is 0 Å². The molecule has 0 atom stereocenters. The predicted octanol–water partition coefficient (Wildman–Crippen LogP) is 1.67. The summed E-state index contributed by atoms with van der Waals surface area (Å²) in [4.78, 5) is 18.3. The quantitative estimate of drug-likeness (QED) is 0.517. The van der Waals surface area contributed by atoms with Crippen LogP contribution in [-0.2, 0) is 0 Å². The standard InChI is InChI=1S/C7H5FO2.HNO2/c8-6-3-1-5(2-4-6)7(9)10;2-1-3/h1-4H,(H,9,10);(H,2,3). The minimum absolute atomic E-state index is 0.0985. The molecule has 0 saturated carbocycles. The monoisotopic (exact) mass is 187 g/mol. The smallest absolute Gasteiger partial charge is 0.335 e. The maximum atomic E-state index is 12.2. The van der Waals surface area contributed by atoms with E-state index in [4.69, 9.17) is 15.2 Å². The minimum atomic E-state index is -1.04. The van der Waals surface area contributed by atoms with Gasteiger partial charge < -0.3 is 10.3 Å². The summed E-state index contributed by atoms with van der Waals surface area (Å²) in [5, 5.41) is 16.2. The SMILES string of the molecule is O=C(O)c1ccc(F)cc1.O=NO. The Bertz CT molecular complexity index is 285. The van der Waals surface area contributed by atoms with Crippen molar-refractivity contribution in [2.45, 2.75) is 0 Å². The normalized spacial score (nSPS) is 8.08. The summed E-state index contributed by atoms with van der Waals surface area (Å²) in [5.41, 5.74) is 0.0985. The molecule has 13 heavy (non-hydrogen) atoms. The summed E-state index contributed by atoms with van der Waals surface area (Å²) in [6, 6.07) is 4.67. The Morgan fingerprint density at radius 1 is 1.31 bits per heavy atom. The van der Waals surface area contributed by atoms with Gasteiger partial charge in [-0.1, -0.05) is 0 Å². The molecule has 1 aromatic rings. The zero-order valence-corrected chi connectivity index (χ0v) is 6.35. The van der Waals surface area contributed by atoms with Gasteiger partial charge in [0.1, 0.15) is 5.82 Å². The van der Waals surface area contributed by atoms with Gasteiger partial charge >= 0.3 is 5.97 Å². The van der Waals surface area contributed by atoms with Gasteiger partial charge in [-0.15, -0.1) is 4.91 Å². The topological polar surface area (TPSA) is 87.0 Å². The molecule has 70 valence electrons. The number of benzene rings is 1. The average Bonchev–Trinajstić information content (AvgIpc) is 2.06. The Morgan fingerprint density at radius 2 is 1.69 bits per heavy atom. The van der Waals surface area contributed by atoms with E-state index in [0.717, 1.165) is 12.1 Å². The third kappa shape index (κ3) is 4.46. The molecule has 0 amide bonds. The van der Waals surface area contributed by atoms with Crippen LogP contribution in [0.1, 0.15) is 10.4 Å². The molecule has 5 nitrogen and oxygen atoms in total. The molecular weight excluding hydrogens is 181 g/mol. The lowest BCUT2D eigenvalue weighted by Crippen LogP contribution is -1.94. The highest BCUT2D eigenvalue weighted by Gasteiger charge is 1.99. The molecule has 6 heteroatoms. The van der Waals surface area contributed by atoms with Gasteiger partial charge in [0.15, 0.2) is 5.34 Å². The first-order valence-electron chi connectivity index (χ1n) is 3.07. The molecule has 0 radical (unpaired) electrons. The molecule has 0 fully saturated rings. The summed E-state index contributed by atoms with van der Waals surface area (Å²) in [5.74, 6) is -1.47. The number of aromatic carboxylic acids is 1. The lowest BCUT2D eigenvalue weighted by molar-refractivity contribution is 0.0697. The van der Waals surface area contributed by atoms with Gasteiger partial charge in [0.25, 0.3) is 0 Å². The second kappa shape index (κ2) is 5.64. The average molecular weight is 187 g/mol. The van der Waals surface area contributed by atoms with E-state index in [0.29, 0.717) is 0 Å². The lowest BCUT2D eigenvalue weighted by atomic mass is 10.2. The zero-order valence-electron chi connectivity index (χ0n) is 6.35. The Morgan fingerprint density at radius 3 is 2.00 bits per heavy atom. The number of halogens is 1. The van der Waals surface area contributed by atoms with E-state index < -0.39 is 11.8 Å². The molecule has 2 N–H and O–H groups in total. The molecule has 0 aromatic heterocycles. The number of carboxylic acid groups (broad SMARTS) is 1. The number of hydrogen-bond donors (Lipinski definition) is 2. The van der Waals surface area contributed by atoms with Crippen LogP contribution < -0.4 is 0 Å².